The summed E-state index contributed by atoms with van der Waals surface area (Å²) in [5.41, 5.74) is 3.25. The Kier molecular flexibility index (Phi) is 6.79. The highest BCUT2D eigenvalue weighted by Crippen LogP contribution is 2.26. The van der Waals surface area contributed by atoms with Crippen LogP contribution in [0.4, 0.5) is 0 Å². The number of methoxy groups -OCH3 is 2. The first-order chi connectivity index (χ1) is 11.9. The number of pyridine rings is 1. The molecule has 1 amide bonds. The van der Waals surface area contributed by atoms with Gasteiger partial charge in [-0.05, 0) is 33.6 Å². The summed E-state index contributed by atoms with van der Waals surface area (Å²) < 4.78 is 10.6. The number of likely N-dealkylation sites (N-methyl/N-ethyl adjacent to an activating group) is 1. The lowest BCUT2D eigenvalue weighted by Crippen LogP contribution is -2.48. The second kappa shape index (κ2) is 8.63. The lowest BCUT2D eigenvalue weighted by Gasteiger charge is -2.37. The first-order valence-electron chi connectivity index (χ1n) is 8.89. The number of amides is 1. The Bertz CT molecular complexity index is 598. The summed E-state index contributed by atoms with van der Waals surface area (Å²) in [6.45, 7) is 8.62. The van der Waals surface area contributed by atoms with Gasteiger partial charge in [-0.15, -0.1) is 0 Å². The van der Waals surface area contributed by atoms with Crippen LogP contribution in [0.15, 0.2) is 6.20 Å². The molecule has 0 spiro atoms. The summed E-state index contributed by atoms with van der Waals surface area (Å²) in [5, 5.41) is 0. The van der Waals surface area contributed by atoms with E-state index in [1.807, 2.05) is 25.1 Å². The molecule has 1 saturated heterocycles. The fourth-order valence-electron chi connectivity index (χ4n) is 3.47. The van der Waals surface area contributed by atoms with E-state index >= 15 is 0 Å². The molecular formula is C19H31N3O3. The van der Waals surface area contributed by atoms with Crippen molar-refractivity contribution in [3.63, 3.8) is 0 Å². The first kappa shape index (κ1) is 19.7. The highest BCUT2D eigenvalue weighted by molar-refractivity contribution is 5.80. The maximum atomic E-state index is 12.3. The van der Waals surface area contributed by atoms with Crippen LogP contribution >= 0.6 is 0 Å². The smallest absolute Gasteiger partial charge is 0.251 e. The molecule has 0 aliphatic carbocycles. The topological polar surface area (TPSA) is 54.9 Å². The number of carbonyl (C=O) groups is 1. The third-order valence-corrected chi connectivity index (χ3v) is 5.28. The van der Waals surface area contributed by atoms with Gasteiger partial charge in [0.15, 0.2) is 0 Å². The van der Waals surface area contributed by atoms with Gasteiger partial charge in [-0.2, -0.15) is 0 Å². The molecule has 6 heteroatoms. The summed E-state index contributed by atoms with van der Waals surface area (Å²) in [6.07, 6.45) is 3.45. The fraction of sp³-hybridized carbons (Fsp3) is 0.684. The Labute approximate surface area is 151 Å². The van der Waals surface area contributed by atoms with Gasteiger partial charge >= 0.3 is 0 Å². The quantitative estimate of drug-likeness (QED) is 0.788. The molecule has 0 bridgehead atoms. The molecule has 1 aromatic heterocycles. The number of aryl methyl sites for hydroxylation is 1. The standard InChI is InChI=1S/C19H31N3O3/c1-13-11-20-17(14(2)18(13)25-6)12-22-9-7-16(8-10-22)21(4)19(23)15(3)24-5/h11,15-16H,7-10,12H2,1-6H3/t15-/m1/s1. The van der Waals surface area contributed by atoms with E-state index in [1.54, 1.807) is 21.1 Å². The minimum atomic E-state index is -0.380. The van der Waals surface area contributed by atoms with Crippen molar-refractivity contribution in [2.75, 3.05) is 34.4 Å². The normalized spacial score (nSPS) is 17.4. The lowest BCUT2D eigenvalue weighted by molar-refractivity contribution is -0.142. The maximum absolute atomic E-state index is 12.3. The molecule has 2 heterocycles. The van der Waals surface area contributed by atoms with Crippen LogP contribution in [0.25, 0.3) is 0 Å². The zero-order valence-electron chi connectivity index (χ0n) is 16.3. The molecule has 140 valence electrons. The van der Waals surface area contributed by atoms with Crippen molar-refractivity contribution in [2.24, 2.45) is 0 Å². The molecular weight excluding hydrogens is 318 g/mol. The summed E-state index contributed by atoms with van der Waals surface area (Å²) >= 11 is 0. The average molecular weight is 349 g/mol. The van der Waals surface area contributed by atoms with Crippen LogP contribution in [0.3, 0.4) is 0 Å². The molecule has 6 nitrogen and oxygen atoms in total. The van der Waals surface area contributed by atoms with Crippen LogP contribution in [0.2, 0.25) is 0 Å². The van der Waals surface area contributed by atoms with Gasteiger partial charge in [0.2, 0.25) is 0 Å². The highest BCUT2D eigenvalue weighted by atomic mass is 16.5. The summed E-state index contributed by atoms with van der Waals surface area (Å²) in [7, 11) is 5.16. The Morgan fingerprint density at radius 2 is 2.00 bits per heavy atom. The Balaban J connectivity index is 1.94. The number of hydrogen-bond donors (Lipinski definition) is 0. The molecule has 0 radical (unpaired) electrons. The van der Waals surface area contributed by atoms with Crippen molar-refractivity contribution < 1.29 is 14.3 Å². The molecule has 25 heavy (non-hydrogen) atoms. The highest BCUT2D eigenvalue weighted by Gasteiger charge is 2.28. The van der Waals surface area contributed by atoms with Crippen LogP contribution < -0.4 is 4.74 Å². The number of carbonyl (C=O) groups excluding carboxylic acids is 1. The van der Waals surface area contributed by atoms with Gasteiger partial charge in [-0.3, -0.25) is 14.7 Å². The van der Waals surface area contributed by atoms with Crippen molar-refractivity contribution in [2.45, 2.75) is 52.3 Å². The predicted molar refractivity (Wildman–Crippen MR) is 97.8 cm³/mol. The maximum Gasteiger partial charge on any atom is 0.251 e. The SMILES string of the molecule is COc1c(C)cnc(CN2CCC(N(C)C(=O)[C@@H](C)OC)CC2)c1C. The molecule has 0 unspecified atom stereocenters. The van der Waals surface area contributed by atoms with Gasteiger partial charge in [0.1, 0.15) is 11.9 Å². The minimum Gasteiger partial charge on any atom is -0.496 e. The molecule has 1 aliphatic heterocycles. The number of hydrogen-bond acceptors (Lipinski definition) is 5. The Hall–Kier alpha value is -1.66. The Morgan fingerprint density at radius 3 is 2.56 bits per heavy atom. The number of nitrogens with zero attached hydrogens (tertiary/aromatic N) is 3. The van der Waals surface area contributed by atoms with Crippen LogP contribution in [0.1, 0.15) is 36.6 Å². The number of likely N-dealkylation sites (tertiary alicyclic amines) is 1. The van der Waals surface area contributed by atoms with E-state index in [4.69, 9.17) is 9.47 Å². The summed E-state index contributed by atoms with van der Waals surface area (Å²) in [4.78, 5) is 21.1. The van der Waals surface area contributed by atoms with E-state index in [2.05, 4.69) is 16.8 Å². The molecule has 1 atom stereocenters. The predicted octanol–water partition coefficient (Wildman–Crippen LogP) is 2.16. The van der Waals surface area contributed by atoms with E-state index in [-0.39, 0.29) is 18.1 Å². The minimum absolute atomic E-state index is 0.0572. The lowest BCUT2D eigenvalue weighted by atomic mass is 10.0. The third-order valence-electron chi connectivity index (χ3n) is 5.28. The number of piperidine rings is 1. The van der Waals surface area contributed by atoms with Gasteiger partial charge in [0.05, 0.1) is 12.8 Å². The molecule has 0 aromatic carbocycles. The van der Waals surface area contributed by atoms with E-state index in [9.17, 15) is 4.79 Å². The Morgan fingerprint density at radius 1 is 1.36 bits per heavy atom. The van der Waals surface area contributed by atoms with Crippen LogP contribution in [-0.2, 0) is 16.1 Å². The average Bonchev–Trinajstić information content (AvgIpc) is 2.63. The molecule has 1 fully saturated rings. The van der Waals surface area contributed by atoms with Gasteiger partial charge in [0, 0.05) is 57.2 Å². The number of ether oxygens (including phenoxy) is 2. The zero-order chi connectivity index (χ0) is 18.6. The van der Waals surface area contributed by atoms with Gasteiger partial charge in [-0.25, -0.2) is 0 Å². The van der Waals surface area contributed by atoms with Crippen molar-refractivity contribution in [3.05, 3.63) is 23.0 Å². The van der Waals surface area contributed by atoms with Crippen molar-refractivity contribution in [1.82, 2.24) is 14.8 Å². The molecule has 1 aromatic rings. The third kappa shape index (κ3) is 4.50. The molecule has 2 rings (SSSR count). The van der Waals surface area contributed by atoms with Gasteiger partial charge in [-0.1, -0.05) is 0 Å². The summed E-state index contributed by atoms with van der Waals surface area (Å²) in [5.74, 6) is 0.987. The molecule has 0 N–H and O–H groups in total. The second-order valence-electron chi connectivity index (χ2n) is 6.88. The summed E-state index contributed by atoms with van der Waals surface area (Å²) in [6, 6.07) is 0.281. The van der Waals surface area contributed by atoms with Crippen LogP contribution in [-0.4, -0.2) is 67.2 Å². The largest absolute Gasteiger partial charge is 0.496 e. The van der Waals surface area contributed by atoms with Crippen LogP contribution in [0.5, 0.6) is 5.75 Å². The van der Waals surface area contributed by atoms with E-state index in [1.165, 1.54) is 0 Å². The van der Waals surface area contributed by atoms with Crippen molar-refractivity contribution >= 4 is 5.91 Å². The first-order valence-corrected chi connectivity index (χ1v) is 8.89. The van der Waals surface area contributed by atoms with Crippen LogP contribution in [0, 0.1) is 13.8 Å². The number of rotatable bonds is 6. The second-order valence-corrected chi connectivity index (χ2v) is 6.88. The van der Waals surface area contributed by atoms with Crippen molar-refractivity contribution in [1.29, 1.82) is 0 Å². The monoisotopic (exact) mass is 349 g/mol. The van der Waals surface area contributed by atoms with Crippen molar-refractivity contribution in [3.8, 4) is 5.75 Å². The number of aromatic nitrogens is 1. The van der Waals surface area contributed by atoms with E-state index in [0.717, 1.165) is 55.0 Å². The van der Waals surface area contributed by atoms with E-state index in [0.29, 0.717) is 0 Å². The van der Waals surface area contributed by atoms with E-state index < -0.39 is 0 Å². The zero-order valence-corrected chi connectivity index (χ0v) is 16.3. The fourth-order valence-corrected chi connectivity index (χ4v) is 3.47. The van der Waals surface area contributed by atoms with Gasteiger partial charge < -0.3 is 14.4 Å². The van der Waals surface area contributed by atoms with Gasteiger partial charge in [0.25, 0.3) is 5.91 Å². The molecule has 0 saturated carbocycles. The molecule has 1 aliphatic rings.